The molecular weight excluding hydrogens is 166 g/mol. The molecule has 1 aromatic rings. The first kappa shape index (κ1) is 9.12. The molecule has 1 unspecified atom stereocenters. The number of hydrogen-bond donors (Lipinski definition) is 1. The average molecular weight is 176 g/mol. The van der Waals surface area contributed by atoms with Crippen LogP contribution in [0.5, 0.6) is 0 Å². The van der Waals surface area contributed by atoms with E-state index in [2.05, 4.69) is 5.10 Å². The van der Waals surface area contributed by atoms with Crippen LogP contribution in [0.15, 0.2) is 12.4 Å². The maximum Gasteiger partial charge on any atom is 0.264 e. The van der Waals surface area contributed by atoms with Crippen molar-refractivity contribution in [3.8, 4) is 0 Å². The summed E-state index contributed by atoms with van der Waals surface area (Å²) in [6.45, 7) is 0. The lowest BCUT2D eigenvalue weighted by atomic mass is 10.2. The van der Waals surface area contributed by atoms with Gasteiger partial charge in [-0.25, -0.2) is 8.78 Å². The zero-order valence-corrected chi connectivity index (χ0v) is 6.61. The summed E-state index contributed by atoms with van der Waals surface area (Å²) >= 11 is 0. The number of aliphatic hydroxyl groups is 1. The molecule has 0 saturated heterocycles. The van der Waals surface area contributed by atoms with E-state index in [1.807, 2.05) is 0 Å². The van der Waals surface area contributed by atoms with Crippen molar-refractivity contribution in [1.29, 1.82) is 0 Å². The van der Waals surface area contributed by atoms with Crippen LogP contribution in [0.25, 0.3) is 0 Å². The van der Waals surface area contributed by atoms with Gasteiger partial charge in [-0.15, -0.1) is 0 Å². The second kappa shape index (κ2) is 3.62. The SMILES string of the molecule is Cn1cc(CC(O)C(F)F)cn1. The van der Waals surface area contributed by atoms with Crippen molar-refractivity contribution in [2.24, 2.45) is 7.05 Å². The van der Waals surface area contributed by atoms with Gasteiger partial charge in [-0.2, -0.15) is 5.10 Å². The normalized spacial score (nSPS) is 13.8. The summed E-state index contributed by atoms with van der Waals surface area (Å²) in [6, 6.07) is 0. The number of alkyl halides is 2. The van der Waals surface area contributed by atoms with Gasteiger partial charge >= 0.3 is 0 Å². The van der Waals surface area contributed by atoms with E-state index in [1.165, 1.54) is 10.9 Å². The Balaban J connectivity index is 2.52. The molecule has 0 spiro atoms. The van der Waals surface area contributed by atoms with Crippen molar-refractivity contribution in [3.63, 3.8) is 0 Å². The highest BCUT2D eigenvalue weighted by Gasteiger charge is 2.17. The van der Waals surface area contributed by atoms with E-state index in [0.717, 1.165) is 0 Å². The van der Waals surface area contributed by atoms with Crippen LogP contribution in [0, 0.1) is 0 Å². The molecule has 0 aromatic carbocycles. The average Bonchev–Trinajstić information content (AvgIpc) is 2.35. The van der Waals surface area contributed by atoms with Gasteiger partial charge in [-0.05, 0) is 5.56 Å². The topological polar surface area (TPSA) is 38.0 Å². The zero-order chi connectivity index (χ0) is 9.14. The predicted molar refractivity (Wildman–Crippen MR) is 38.9 cm³/mol. The number of aromatic nitrogens is 2. The van der Waals surface area contributed by atoms with E-state index in [1.54, 1.807) is 13.2 Å². The Labute approximate surface area is 68.6 Å². The Morgan fingerprint density at radius 1 is 1.67 bits per heavy atom. The molecule has 1 aromatic heterocycles. The molecule has 0 aliphatic heterocycles. The number of hydrogen-bond acceptors (Lipinski definition) is 2. The highest BCUT2D eigenvalue weighted by atomic mass is 19.3. The van der Waals surface area contributed by atoms with Gasteiger partial charge in [-0.3, -0.25) is 4.68 Å². The first-order chi connectivity index (χ1) is 5.59. The molecule has 0 aliphatic rings. The number of aliphatic hydroxyl groups excluding tert-OH is 1. The molecule has 0 fully saturated rings. The van der Waals surface area contributed by atoms with Gasteiger partial charge < -0.3 is 5.11 Å². The second-order valence-corrected chi connectivity index (χ2v) is 2.63. The fourth-order valence-electron chi connectivity index (χ4n) is 0.908. The summed E-state index contributed by atoms with van der Waals surface area (Å²) < 4.78 is 25.2. The van der Waals surface area contributed by atoms with Gasteiger partial charge in [-0.1, -0.05) is 0 Å². The molecule has 1 rings (SSSR count). The highest BCUT2D eigenvalue weighted by Crippen LogP contribution is 2.07. The number of halogens is 2. The maximum atomic E-state index is 11.8. The molecule has 12 heavy (non-hydrogen) atoms. The molecule has 0 aliphatic carbocycles. The van der Waals surface area contributed by atoms with Gasteiger partial charge in [0.2, 0.25) is 0 Å². The zero-order valence-electron chi connectivity index (χ0n) is 6.61. The summed E-state index contributed by atoms with van der Waals surface area (Å²) in [5.41, 5.74) is 0.616. The van der Waals surface area contributed by atoms with Crippen LogP contribution in [0.3, 0.4) is 0 Å². The molecule has 0 bridgehead atoms. The fraction of sp³-hybridized carbons (Fsp3) is 0.571. The predicted octanol–water partition coefficient (Wildman–Crippen LogP) is 0.589. The van der Waals surface area contributed by atoms with Gasteiger partial charge in [0.05, 0.1) is 6.20 Å². The quantitative estimate of drug-likeness (QED) is 0.731. The minimum absolute atomic E-state index is 0.0501. The van der Waals surface area contributed by atoms with Crippen LogP contribution >= 0.6 is 0 Å². The molecule has 68 valence electrons. The van der Waals surface area contributed by atoms with Crippen molar-refractivity contribution < 1.29 is 13.9 Å². The molecule has 3 nitrogen and oxygen atoms in total. The molecule has 1 heterocycles. The van der Waals surface area contributed by atoms with Crippen LogP contribution in [0.4, 0.5) is 8.78 Å². The Morgan fingerprint density at radius 2 is 2.33 bits per heavy atom. The number of aryl methyl sites for hydroxylation is 1. The summed E-state index contributed by atoms with van der Waals surface area (Å²) in [5, 5.41) is 12.6. The van der Waals surface area contributed by atoms with Gasteiger partial charge in [0.25, 0.3) is 6.43 Å². The number of rotatable bonds is 3. The van der Waals surface area contributed by atoms with Gasteiger partial charge in [0.15, 0.2) is 0 Å². The summed E-state index contributed by atoms with van der Waals surface area (Å²) in [5.74, 6) is 0. The third-order valence-electron chi connectivity index (χ3n) is 1.49. The van der Waals surface area contributed by atoms with Crippen LogP contribution in [-0.4, -0.2) is 27.4 Å². The Kier molecular flexibility index (Phi) is 2.75. The highest BCUT2D eigenvalue weighted by molar-refractivity contribution is 5.05. The largest absolute Gasteiger partial charge is 0.387 e. The van der Waals surface area contributed by atoms with Crippen molar-refractivity contribution in [3.05, 3.63) is 18.0 Å². The van der Waals surface area contributed by atoms with Crippen LogP contribution in [0.1, 0.15) is 5.56 Å². The monoisotopic (exact) mass is 176 g/mol. The van der Waals surface area contributed by atoms with E-state index in [4.69, 9.17) is 5.11 Å². The molecule has 1 atom stereocenters. The third-order valence-corrected chi connectivity index (χ3v) is 1.49. The minimum Gasteiger partial charge on any atom is -0.387 e. The molecular formula is C7H10F2N2O. The summed E-state index contributed by atoms with van der Waals surface area (Å²) in [6.07, 6.45) is -1.26. The van der Waals surface area contributed by atoms with Gasteiger partial charge in [0.1, 0.15) is 6.10 Å². The molecule has 0 saturated carbocycles. The van der Waals surface area contributed by atoms with Gasteiger partial charge in [0, 0.05) is 19.7 Å². The maximum absolute atomic E-state index is 11.8. The van der Waals surface area contributed by atoms with E-state index in [-0.39, 0.29) is 6.42 Å². The summed E-state index contributed by atoms with van der Waals surface area (Å²) in [7, 11) is 1.69. The van der Waals surface area contributed by atoms with Crippen molar-refractivity contribution in [2.75, 3.05) is 0 Å². The van der Waals surface area contributed by atoms with Crippen molar-refractivity contribution in [1.82, 2.24) is 9.78 Å². The second-order valence-electron chi connectivity index (χ2n) is 2.63. The lowest BCUT2D eigenvalue weighted by Crippen LogP contribution is -2.19. The Morgan fingerprint density at radius 3 is 2.75 bits per heavy atom. The van der Waals surface area contributed by atoms with E-state index >= 15 is 0 Å². The van der Waals surface area contributed by atoms with E-state index < -0.39 is 12.5 Å². The summed E-state index contributed by atoms with van der Waals surface area (Å²) in [4.78, 5) is 0. The van der Waals surface area contributed by atoms with E-state index in [0.29, 0.717) is 5.56 Å². The van der Waals surface area contributed by atoms with Crippen molar-refractivity contribution in [2.45, 2.75) is 19.0 Å². The molecule has 0 amide bonds. The van der Waals surface area contributed by atoms with Crippen LogP contribution in [0.2, 0.25) is 0 Å². The first-order valence-electron chi connectivity index (χ1n) is 3.53. The third kappa shape index (κ3) is 2.27. The van der Waals surface area contributed by atoms with Crippen molar-refractivity contribution >= 4 is 0 Å². The smallest absolute Gasteiger partial charge is 0.264 e. The molecule has 1 N–H and O–H groups in total. The fourth-order valence-corrected chi connectivity index (χ4v) is 0.908. The number of nitrogens with zero attached hydrogens (tertiary/aromatic N) is 2. The Bertz CT molecular complexity index is 249. The van der Waals surface area contributed by atoms with Crippen LogP contribution < -0.4 is 0 Å². The lowest BCUT2D eigenvalue weighted by Gasteiger charge is -2.06. The Hall–Kier alpha value is -0.970. The lowest BCUT2D eigenvalue weighted by molar-refractivity contribution is -0.00366. The first-order valence-corrected chi connectivity index (χ1v) is 3.53. The molecule has 0 radical (unpaired) electrons. The van der Waals surface area contributed by atoms with Crippen LogP contribution in [-0.2, 0) is 13.5 Å². The standard InChI is InChI=1S/C7H10F2N2O/c1-11-4-5(3-10-11)2-6(12)7(8)9/h3-4,6-7,12H,2H2,1H3. The minimum atomic E-state index is -2.69. The van der Waals surface area contributed by atoms with E-state index in [9.17, 15) is 8.78 Å². The molecule has 5 heteroatoms.